The lowest BCUT2D eigenvalue weighted by Gasteiger charge is -2.21. The Balaban J connectivity index is 2.75. The summed E-state index contributed by atoms with van der Waals surface area (Å²) in [5, 5.41) is 9.11. The SMILES string of the molecule is CC[C@H](C)[C@@H](Oc1ccc(O)cc1)C(N)=O. The number of amides is 1. The molecule has 1 aromatic rings. The molecule has 0 aliphatic heterocycles. The zero-order valence-corrected chi connectivity index (χ0v) is 9.51. The molecule has 0 saturated heterocycles. The second kappa shape index (κ2) is 5.39. The van der Waals surface area contributed by atoms with E-state index in [0.29, 0.717) is 5.75 Å². The van der Waals surface area contributed by atoms with Crippen LogP contribution in [0.25, 0.3) is 0 Å². The number of benzene rings is 1. The van der Waals surface area contributed by atoms with Gasteiger partial charge in [-0.2, -0.15) is 0 Å². The second-order valence-electron chi connectivity index (χ2n) is 3.82. The number of aromatic hydroxyl groups is 1. The third kappa shape index (κ3) is 3.15. The maximum Gasteiger partial charge on any atom is 0.258 e. The van der Waals surface area contributed by atoms with Gasteiger partial charge in [0.1, 0.15) is 11.5 Å². The summed E-state index contributed by atoms with van der Waals surface area (Å²) in [6, 6.07) is 6.22. The van der Waals surface area contributed by atoms with Gasteiger partial charge in [-0.15, -0.1) is 0 Å². The fourth-order valence-electron chi connectivity index (χ4n) is 1.34. The minimum Gasteiger partial charge on any atom is -0.508 e. The third-order valence-corrected chi connectivity index (χ3v) is 2.54. The number of phenols is 1. The van der Waals surface area contributed by atoms with Crippen LogP contribution in [0.2, 0.25) is 0 Å². The first-order valence-corrected chi connectivity index (χ1v) is 5.29. The number of rotatable bonds is 5. The van der Waals surface area contributed by atoms with Crippen molar-refractivity contribution in [2.75, 3.05) is 0 Å². The smallest absolute Gasteiger partial charge is 0.258 e. The van der Waals surface area contributed by atoms with Crippen LogP contribution >= 0.6 is 0 Å². The molecule has 0 aliphatic rings. The van der Waals surface area contributed by atoms with Gasteiger partial charge in [-0.25, -0.2) is 0 Å². The maximum atomic E-state index is 11.2. The van der Waals surface area contributed by atoms with Crippen molar-refractivity contribution in [1.29, 1.82) is 0 Å². The Morgan fingerprint density at radius 3 is 2.44 bits per heavy atom. The van der Waals surface area contributed by atoms with Gasteiger partial charge in [-0.1, -0.05) is 13.8 Å². The Morgan fingerprint density at radius 1 is 1.44 bits per heavy atom. The lowest BCUT2D eigenvalue weighted by Crippen LogP contribution is -2.38. The summed E-state index contributed by atoms with van der Waals surface area (Å²) >= 11 is 0. The first-order valence-electron chi connectivity index (χ1n) is 5.29. The lowest BCUT2D eigenvalue weighted by atomic mass is 10.0. The molecule has 0 heterocycles. The first-order chi connectivity index (χ1) is 7.54. The molecule has 3 N–H and O–H groups in total. The number of carbonyl (C=O) groups excluding carboxylic acids is 1. The summed E-state index contributed by atoms with van der Waals surface area (Å²) in [5.41, 5.74) is 5.28. The van der Waals surface area contributed by atoms with Crippen molar-refractivity contribution in [2.45, 2.75) is 26.4 Å². The van der Waals surface area contributed by atoms with Crippen LogP contribution in [0.3, 0.4) is 0 Å². The predicted molar refractivity (Wildman–Crippen MR) is 61.2 cm³/mol. The Kier molecular flexibility index (Phi) is 4.17. The molecule has 4 nitrogen and oxygen atoms in total. The number of carbonyl (C=O) groups is 1. The number of hydrogen-bond acceptors (Lipinski definition) is 3. The average Bonchev–Trinajstić information content (AvgIpc) is 2.27. The van der Waals surface area contributed by atoms with Crippen molar-refractivity contribution < 1.29 is 14.6 Å². The fraction of sp³-hybridized carbons (Fsp3) is 0.417. The topological polar surface area (TPSA) is 72.6 Å². The van der Waals surface area contributed by atoms with Crippen LogP contribution in [-0.4, -0.2) is 17.1 Å². The van der Waals surface area contributed by atoms with Crippen molar-refractivity contribution in [3.63, 3.8) is 0 Å². The monoisotopic (exact) mass is 223 g/mol. The predicted octanol–water partition coefficient (Wildman–Crippen LogP) is 1.67. The number of ether oxygens (including phenoxy) is 1. The molecular weight excluding hydrogens is 206 g/mol. The average molecular weight is 223 g/mol. The van der Waals surface area contributed by atoms with Crippen LogP contribution < -0.4 is 10.5 Å². The van der Waals surface area contributed by atoms with Crippen LogP contribution in [0.15, 0.2) is 24.3 Å². The zero-order valence-electron chi connectivity index (χ0n) is 9.51. The highest BCUT2D eigenvalue weighted by atomic mass is 16.5. The molecule has 16 heavy (non-hydrogen) atoms. The van der Waals surface area contributed by atoms with Crippen LogP contribution in [0.4, 0.5) is 0 Å². The Bertz CT molecular complexity index is 348. The Labute approximate surface area is 95.0 Å². The van der Waals surface area contributed by atoms with Crippen LogP contribution in [-0.2, 0) is 4.79 Å². The van der Waals surface area contributed by atoms with E-state index in [1.807, 2.05) is 13.8 Å². The number of primary amides is 1. The summed E-state index contributed by atoms with van der Waals surface area (Å²) in [6.07, 6.45) is 0.181. The molecular formula is C12H17NO3. The molecule has 1 amide bonds. The highest BCUT2D eigenvalue weighted by Crippen LogP contribution is 2.20. The van der Waals surface area contributed by atoms with E-state index in [1.165, 1.54) is 12.1 Å². The van der Waals surface area contributed by atoms with Crippen molar-refractivity contribution in [2.24, 2.45) is 11.7 Å². The van der Waals surface area contributed by atoms with E-state index >= 15 is 0 Å². The van der Waals surface area contributed by atoms with Gasteiger partial charge in [0, 0.05) is 5.92 Å². The summed E-state index contributed by atoms with van der Waals surface area (Å²) in [7, 11) is 0. The highest BCUT2D eigenvalue weighted by Gasteiger charge is 2.23. The van der Waals surface area contributed by atoms with Crippen molar-refractivity contribution in [3.8, 4) is 11.5 Å². The van der Waals surface area contributed by atoms with Crippen molar-refractivity contribution >= 4 is 5.91 Å². The molecule has 1 rings (SSSR count). The molecule has 0 bridgehead atoms. The molecule has 4 heteroatoms. The molecule has 0 fully saturated rings. The Hall–Kier alpha value is -1.71. The van der Waals surface area contributed by atoms with Gasteiger partial charge in [-0.05, 0) is 30.7 Å². The van der Waals surface area contributed by atoms with Crippen LogP contribution in [0, 0.1) is 5.92 Å². The molecule has 0 spiro atoms. The standard InChI is InChI=1S/C12H17NO3/c1-3-8(2)11(12(13)15)16-10-6-4-9(14)5-7-10/h4-8,11,14H,3H2,1-2H3,(H2,13,15)/t8-,11+/m0/s1. The van der Waals surface area contributed by atoms with Gasteiger partial charge in [0.15, 0.2) is 6.10 Å². The number of nitrogens with two attached hydrogens (primary N) is 1. The molecule has 0 aromatic heterocycles. The molecule has 0 saturated carbocycles. The normalized spacial score (nSPS) is 14.1. The quantitative estimate of drug-likeness (QED) is 0.797. The van der Waals surface area contributed by atoms with Crippen molar-refractivity contribution in [3.05, 3.63) is 24.3 Å². The van der Waals surface area contributed by atoms with Crippen LogP contribution in [0.1, 0.15) is 20.3 Å². The van der Waals surface area contributed by atoms with Gasteiger partial charge >= 0.3 is 0 Å². The van der Waals surface area contributed by atoms with E-state index in [-0.39, 0.29) is 11.7 Å². The third-order valence-electron chi connectivity index (χ3n) is 2.54. The van der Waals surface area contributed by atoms with E-state index < -0.39 is 12.0 Å². The molecule has 2 atom stereocenters. The summed E-state index contributed by atoms with van der Waals surface area (Å²) in [5.74, 6) is 0.280. The second-order valence-corrected chi connectivity index (χ2v) is 3.82. The first kappa shape index (κ1) is 12.4. The molecule has 88 valence electrons. The summed E-state index contributed by atoms with van der Waals surface area (Å²) in [6.45, 7) is 3.89. The summed E-state index contributed by atoms with van der Waals surface area (Å²) in [4.78, 5) is 11.2. The lowest BCUT2D eigenvalue weighted by molar-refractivity contribution is -0.126. The molecule has 0 radical (unpaired) electrons. The van der Waals surface area contributed by atoms with E-state index in [4.69, 9.17) is 15.6 Å². The van der Waals surface area contributed by atoms with Gasteiger partial charge in [0.25, 0.3) is 5.91 Å². The van der Waals surface area contributed by atoms with E-state index in [9.17, 15) is 4.79 Å². The fourth-order valence-corrected chi connectivity index (χ4v) is 1.34. The highest BCUT2D eigenvalue weighted by molar-refractivity contribution is 5.79. The van der Waals surface area contributed by atoms with Crippen LogP contribution in [0.5, 0.6) is 11.5 Å². The molecule has 0 aliphatic carbocycles. The Morgan fingerprint density at radius 2 is 2.00 bits per heavy atom. The van der Waals surface area contributed by atoms with Gasteiger partial charge in [0.05, 0.1) is 0 Å². The zero-order chi connectivity index (χ0) is 12.1. The van der Waals surface area contributed by atoms with Gasteiger partial charge in [-0.3, -0.25) is 4.79 Å². The largest absolute Gasteiger partial charge is 0.508 e. The van der Waals surface area contributed by atoms with Crippen molar-refractivity contribution in [1.82, 2.24) is 0 Å². The van der Waals surface area contributed by atoms with Gasteiger partial charge < -0.3 is 15.6 Å². The van der Waals surface area contributed by atoms with Gasteiger partial charge in [0.2, 0.25) is 0 Å². The molecule has 0 unspecified atom stereocenters. The molecule has 1 aromatic carbocycles. The number of phenolic OH excluding ortho intramolecular Hbond substituents is 1. The van der Waals surface area contributed by atoms with E-state index in [2.05, 4.69) is 0 Å². The van der Waals surface area contributed by atoms with E-state index in [0.717, 1.165) is 6.42 Å². The maximum absolute atomic E-state index is 11.2. The summed E-state index contributed by atoms with van der Waals surface area (Å²) < 4.78 is 5.50. The minimum atomic E-state index is -0.630. The minimum absolute atomic E-state index is 0.0614. The number of hydrogen-bond donors (Lipinski definition) is 2. The van der Waals surface area contributed by atoms with E-state index in [1.54, 1.807) is 12.1 Å².